The number of ketones is 1. The van der Waals surface area contributed by atoms with Crippen molar-refractivity contribution < 1.29 is 23.9 Å². The van der Waals surface area contributed by atoms with E-state index in [1.165, 1.54) is 0 Å². The summed E-state index contributed by atoms with van der Waals surface area (Å²) < 4.78 is 10.7. The molecule has 1 fully saturated rings. The fourth-order valence-corrected chi connectivity index (χ4v) is 4.34. The Hall–Kier alpha value is -3.19. The van der Waals surface area contributed by atoms with E-state index in [1.807, 2.05) is 35.2 Å². The molecule has 3 rings (SSSR count). The molecule has 1 amide bonds. The molecule has 2 aromatic rings. The number of hydrogen-bond donors (Lipinski definition) is 1. The minimum atomic E-state index is -0.747. The van der Waals surface area contributed by atoms with Gasteiger partial charge in [0.25, 0.3) is 0 Å². The van der Waals surface area contributed by atoms with Gasteiger partial charge in [0.05, 0.1) is 25.8 Å². The first-order valence-electron chi connectivity index (χ1n) is 12.3. The van der Waals surface area contributed by atoms with Crippen LogP contribution in [-0.4, -0.2) is 60.9 Å². The number of ether oxygens (including phenoxy) is 2. The Morgan fingerprint density at radius 1 is 1.06 bits per heavy atom. The van der Waals surface area contributed by atoms with Crippen molar-refractivity contribution in [2.75, 3.05) is 20.2 Å². The normalized spacial score (nSPS) is 17.0. The lowest BCUT2D eigenvalue weighted by atomic mass is 9.99. The van der Waals surface area contributed by atoms with E-state index in [9.17, 15) is 14.4 Å². The number of nitrogens with zero attached hydrogens (tertiary/aromatic N) is 1. The number of likely N-dealkylation sites (tertiary alicyclic amines) is 1. The number of methoxy groups -OCH3 is 1. The molecular weight excluding hydrogens is 444 g/mol. The van der Waals surface area contributed by atoms with Gasteiger partial charge in [0, 0.05) is 5.56 Å². The van der Waals surface area contributed by atoms with Crippen LogP contribution < -0.4 is 10.1 Å². The summed E-state index contributed by atoms with van der Waals surface area (Å²) in [7, 11) is 1.56. The van der Waals surface area contributed by atoms with E-state index in [0.717, 1.165) is 18.4 Å². The maximum atomic E-state index is 13.3. The first-order valence-corrected chi connectivity index (χ1v) is 12.3. The largest absolute Gasteiger partial charge is 0.497 e. The van der Waals surface area contributed by atoms with Gasteiger partial charge in [-0.15, -0.1) is 0 Å². The highest BCUT2D eigenvalue weighted by atomic mass is 16.5. The zero-order valence-electron chi connectivity index (χ0n) is 20.9. The number of Topliss-reactive ketones (excluding diaryl/α,β-unsaturated/α-hetero) is 1. The van der Waals surface area contributed by atoms with Crippen molar-refractivity contribution in [1.82, 2.24) is 10.2 Å². The van der Waals surface area contributed by atoms with Crippen LogP contribution in [0.2, 0.25) is 0 Å². The molecule has 2 atom stereocenters. The maximum Gasteiger partial charge on any atom is 0.328 e. The topological polar surface area (TPSA) is 84.9 Å². The van der Waals surface area contributed by atoms with Gasteiger partial charge in [-0.25, -0.2) is 4.79 Å². The van der Waals surface area contributed by atoms with Crippen molar-refractivity contribution in [1.29, 1.82) is 0 Å². The minimum Gasteiger partial charge on any atom is -0.497 e. The molecule has 0 saturated carbocycles. The smallest absolute Gasteiger partial charge is 0.328 e. The van der Waals surface area contributed by atoms with Gasteiger partial charge in [-0.3, -0.25) is 14.5 Å². The van der Waals surface area contributed by atoms with Gasteiger partial charge in [-0.05, 0) is 63.8 Å². The Morgan fingerprint density at radius 3 is 2.54 bits per heavy atom. The molecule has 1 saturated heterocycles. The Labute approximate surface area is 207 Å². The monoisotopic (exact) mass is 480 g/mol. The number of hydrogen-bond acceptors (Lipinski definition) is 6. The van der Waals surface area contributed by atoms with Crippen molar-refractivity contribution >= 4 is 17.7 Å². The number of carbonyl (C=O) groups is 3. The van der Waals surface area contributed by atoms with Crippen molar-refractivity contribution in [2.24, 2.45) is 0 Å². The predicted molar refractivity (Wildman–Crippen MR) is 134 cm³/mol. The van der Waals surface area contributed by atoms with Crippen LogP contribution in [0.4, 0.5) is 0 Å². The third-order valence-corrected chi connectivity index (χ3v) is 6.17. The number of benzene rings is 2. The van der Waals surface area contributed by atoms with Crippen LogP contribution >= 0.6 is 0 Å². The standard InChI is InChI=1S/C28H36N2O5/c1-20(2)35-28(33)24(16-15-21-10-5-4-6-11-21)29-27(32)25-14-7-8-17-30(25)19-26(31)22-12-9-13-23(18-22)34-3/h4-6,9-13,18,20,24-25H,7-8,14-17,19H2,1-3H3,(H,29,32)/t24-,25-/m0/s1. The molecule has 1 heterocycles. The second-order valence-corrected chi connectivity index (χ2v) is 9.21. The van der Waals surface area contributed by atoms with Gasteiger partial charge in [0.15, 0.2) is 5.78 Å². The molecule has 1 N–H and O–H groups in total. The molecule has 0 aromatic heterocycles. The summed E-state index contributed by atoms with van der Waals surface area (Å²) in [4.78, 5) is 41.0. The van der Waals surface area contributed by atoms with Crippen molar-refractivity contribution in [3.8, 4) is 5.75 Å². The van der Waals surface area contributed by atoms with Gasteiger partial charge >= 0.3 is 5.97 Å². The highest BCUT2D eigenvalue weighted by Crippen LogP contribution is 2.20. The Morgan fingerprint density at radius 2 is 1.83 bits per heavy atom. The highest BCUT2D eigenvalue weighted by molar-refractivity contribution is 5.98. The first-order chi connectivity index (χ1) is 16.9. The van der Waals surface area contributed by atoms with Crippen LogP contribution in [0, 0.1) is 0 Å². The van der Waals surface area contributed by atoms with Crippen molar-refractivity contribution in [3.05, 3.63) is 65.7 Å². The van der Waals surface area contributed by atoms with Gasteiger partial charge in [-0.2, -0.15) is 0 Å². The van der Waals surface area contributed by atoms with Crippen LogP contribution in [0.15, 0.2) is 54.6 Å². The summed E-state index contributed by atoms with van der Waals surface area (Å²) in [6, 6.07) is 15.7. The lowest BCUT2D eigenvalue weighted by Gasteiger charge is -2.35. The molecule has 0 bridgehead atoms. The molecule has 0 unspecified atom stereocenters. The maximum absolute atomic E-state index is 13.3. The van der Waals surface area contributed by atoms with E-state index >= 15 is 0 Å². The van der Waals surface area contributed by atoms with E-state index in [2.05, 4.69) is 5.32 Å². The Kier molecular flexibility index (Phi) is 9.85. The summed E-state index contributed by atoms with van der Waals surface area (Å²) >= 11 is 0. The van der Waals surface area contributed by atoms with E-state index in [-0.39, 0.29) is 24.3 Å². The van der Waals surface area contributed by atoms with Crippen LogP contribution in [0.5, 0.6) is 5.75 Å². The van der Waals surface area contributed by atoms with Crippen LogP contribution in [-0.2, 0) is 20.7 Å². The van der Waals surface area contributed by atoms with Gasteiger partial charge in [0.1, 0.15) is 11.8 Å². The fraction of sp³-hybridized carbons (Fsp3) is 0.464. The summed E-state index contributed by atoms with van der Waals surface area (Å²) in [6.07, 6.45) is 3.26. The number of esters is 1. The van der Waals surface area contributed by atoms with Crippen LogP contribution in [0.3, 0.4) is 0 Å². The second kappa shape index (κ2) is 13.0. The molecule has 0 spiro atoms. The Balaban J connectivity index is 1.68. The van der Waals surface area contributed by atoms with Crippen LogP contribution in [0.1, 0.15) is 55.5 Å². The van der Waals surface area contributed by atoms with E-state index in [4.69, 9.17) is 9.47 Å². The second-order valence-electron chi connectivity index (χ2n) is 9.21. The van der Waals surface area contributed by atoms with Gasteiger partial charge in [-0.1, -0.05) is 48.9 Å². The molecular formula is C28H36N2O5. The lowest BCUT2D eigenvalue weighted by molar-refractivity contribution is -0.152. The number of amides is 1. The summed E-state index contributed by atoms with van der Waals surface area (Å²) in [6.45, 7) is 4.37. The van der Waals surface area contributed by atoms with E-state index in [0.29, 0.717) is 37.1 Å². The fourth-order valence-electron chi connectivity index (χ4n) is 4.34. The quantitative estimate of drug-likeness (QED) is 0.389. The van der Waals surface area contributed by atoms with Crippen LogP contribution in [0.25, 0.3) is 0 Å². The lowest BCUT2D eigenvalue weighted by Crippen LogP contribution is -2.54. The zero-order valence-corrected chi connectivity index (χ0v) is 20.9. The first kappa shape index (κ1) is 26.4. The molecule has 0 radical (unpaired) electrons. The molecule has 2 aromatic carbocycles. The zero-order chi connectivity index (χ0) is 25.2. The molecule has 188 valence electrons. The number of nitrogens with one attached hydrogen (secondary N) is 1. The molecule has 0 aliphatic carbocycles. The average Bonchev–Trinajstić information content (AvgIpc) is 2.86. The summed E-state index contributed by atoms with van der Waals surface area (Å²) in [5.41, 5.74) is 1.64. The SMILES string of the molecule is COc1cccc(C(=O)CN2CCCC[C@H]2C(=O)N[C@@H](CCc2ccccc2)C(=O)OC(C)C)c1. The van der Waals surface area contributed by atoms with Gasteiger partial charge < -0.3 is 14.8 Å². The molecule has 35 heavy (non-hydrogen) atoms. The summed E-state index contributed by atoms with van der Waals surface area (Å²) in [5, 5.41) is 2.94. The number of carbonyl (C=O) groups excluding carboxylic acids is 3. The number of piperidine rings is 1. The average molecular weight is 481 g/mol. The highest BCUT2D eigenvalue weighted by Gasteiger charge is 2.33. The number of rotatable bonds is 11. The van der Waals surface area contributed by atoms with Gasteiger partial charge in [0.2, 0.25) is 5.91 Å². The summed E-state index contributed by atoms with van der Waals surface area (Å²) in [5.74, 6) is -0.113. The van der Waals surface area contributed by atoms with E-state index < -0.39 is 18.1 Å². The van der Waals surface area contributed by atoms with Crippen molar-refractivity contribution in [3.63, 3.8) is 0 Å². The van der Waals surface area contributed by atoms with Crippen molar-refractivity contribution in [2.45, 2.75) is 64.1 Å². The minimum absolute atomic E-state index is 0.0663. The number of aryl methyl sites for hydroxylation is 1. The molecule has 7 nitrogen and oxygen atoms in total. The predicted octanol–water partition coefficient (Wildman–Crippen LogP) is 3.80. The third kappa shape index (κ3) is 7.92. The third-order valence-electron chi connectivity index (χ3n) is 6.17. The molecule has 1 aliphatic rings. The molecule has 1 aliphatic heterocycles. The molecule has 7 heteroatoms. The van der Waals surface area contributed by atoms with E-state index in [1.54, 1.807) is 45.2 Å². The Bertz CT molecular complexity index is 992.